The molecule has 1 aliphatic carbocycles. The Hall–Kier alpha value is -1.16. The highest BCUT2D eigenvalue weighted by Crippen LogP contribution is 2.35. The van der Waals surface area contributed by atoms with Gasteiger partial charge in [-0.05, 0) is 32.1 Å². The van der Waals surface area contributed by atoms with Gasteiger partial charge in [-0.2, -0.15) is 0 Å². The summed E-state index contributed by atoms with van der Waals surface area (Å²) in [4.78, 5) is 16.5. The van der Waals surface area contributed by atoms with Gasteiger partial charge in [0.2, 0.25) is 0 Å². The first kappa shape index (κ1) is 13.3. The maximum atomic E-state index is 12.3. The number of ether oxygens (including phenoxy) is 1. The van der Waals surface area contributed by atoms with E-state index in [1.807, 2.05) is 13.1 Å². The Morgan fingerprint density at radius 3 is 2.94 bits per heavy atom. The number of imidazole rings is 1. The molecule has 18 heavy (non-hydrogen) atoms. The van der Waals surface area contributed by atoms with Crippen molar-refractivity contribution in [2.45, 2.75) is 52.2 Å². The van der Waals surface area contributed by atoms with Crippen LogP contribution in [0.4, 0.5) is 0 Å². The molecule has 2 rings (SSSR count). The van der Waals surface area contributed by atoms with Gasteiger partial charge in [0.25, 0.3) is 0 Å². The summed E-state index contributed by atoms with van der Waals surface area (Å²) in [5.74, 6) is 1.50. The fourth-order valence-corrected chi connectivity index (χ4v) is 2.28. The Kier molecular flexibility index (Phi) is 4.53. The van der Waals surface area contributed by atoms with E-state index in [4.69, 9.17) is 4.74 Å². The van der Waals surface area contributed by atoms with Crippen molar-refractivity contribution in [2.75, 3.05) is 6.61 Å². The highest BCUT2D eigenvalue weighted by atomic mass is 16.5. The Labute approximate surface area is 108 Å². The summed E-state index contributed by atoms with van der Waals surface area (Å²) in [6.45, 7) is 5.60. The highest BCUT2D eigenvalue weighted by Gasteiger charge is 2.36. The van der Waals surface area contributed by atoms with E-state index in [9.17, 15) is 4.79 Å². The third-order valence-electron chi connectivity index (χ3n) is 3.31. The van der Waals surface area contributed by atoms with Gasteiger partial charge in [-0.1, -0.05) is 6.92 Å². The highest BCUT2D eigenvalue weighted by molar-refractivity contribution is 5.85. The first-order valence-corrected chi connectivity index (χ1v) is 6.90. The van der Waals surface area contributed by atoms with Crippen LogP contribution in [0.1, 0.15) is 38.9 Å². The monoisotopic (exact) mass is 250 g/mol. The Balaban J connectivity index is 1.98. The molecule has 0 bridgehead atoms. The number of hydrogen-bond acceptors (Lipinski definition) is 3. The normalized spacial score (nSPS) is 16.8. The summed E-state index contributed by atoms with van der Waals surface area (Å²) >= 11 is 0. The van der Waals surface area contributed by atoms with Gasteiger partial charge in [0.15, 0.2) is 5.78 Å². The van der Waals surface area contributed by atoms with E-state index in [2.05, 4.69) is 16.5 Å². The molecule has 1 unspecified atom stereocenters. The molecule has 4 heteroatoms. The minimum Gasteiger partial charge on any atom is -0.370 e. The number of Topliss-reactive ketones (excluding diaryl/α,β-unsaturated/α-hetero) is 1. The van der Waals surface area contributed by atoms with Gasteiger partial charge in [0.05, 0.1) is 6.42 Å². The van der Waals surface area contributed by atoms with Gasteiger partial charge in [0, 0.05) is 25.5 Å². The summed E-state index contributed by atoms with van der Waals surface area (Å²) in [7, 11) is 0. The fourth-order valence-electron chi connectivity index (χ4n) is 2.28. The van der Waals surface area contributed by atoms with Crippen molar-refractivity contribution < 1.29 is 9.53 Å². The topological polar surface area (TPSA) is 44.1 Å². The zero-order chi connectivity index (χ0) is 13.0. The predicted molar refractivity (Wildman–Crippen MR) is 69.4 cm³/mol. The van der Waals surface area contributed by atoms with E-state index in [-0.39, 0.29) is 11.9 Å². The molecule has 0 amide bonds. The van der Waals surface area contributed by atoms with Crippen molar-refractivity contribution >= 4 is 5.78 Å². The van der Waals surface area contributed by atoms with Crippen LogP contribution in [-0.2, 0) is 22.5 Å². The molecule has 1 heterocycles. The minimum atomic E-state index is -0.207. The van der Waals surface area contributed by atoms with Crippen molar-refractivity contribution in [3.63, 3.8) is 0 Å². The van der Waals surface area contributed by atoms with Crippen LogP contribution in [0.2, 0.25) is 0 Å². The lowest BCUT2D eigenvalue weighted by Crippen LogP contribution is -2.29. The van der Waals surface area contributed by atoms with Crippen LogP contribution in [0.5, 0.6) is 0 Å². The van der Waals surface area contributed by atoms with Crippen LogP contribution in [0.15, 0.2) is 12.4 Å². The molecule has 1 fully saturated rings. The van der Waals surface area contributed by atoms with E-state index in [0.29, 0.717) is 18.9 Å². The molecular formula is C14H22N2O2. The van der Waals surface area contributed by atoms with Crippen LogP contribution in [-0.4, -0.2) is 28.0 Å². The molecule has 1 aromatic heterocycles. The molecule has 0 aliphatic heterocycles. The fraction of sp³-hybridized carbons (Fsp3) is 0.714. The van der Waals surface area contributed by atoms with Gasteiger partial charge in [0.1, 0.15) is 11.9 Å². The van der Waals surface area contributed by atoms with Crippen LogP contribution in [0.25, 0.3) is 0 Å². The minimum absolute atomic E-state index is 0.183. The number of rotatable bonds is 8. The van der Waals surface area contributed by atoms with Crippen LogP contribution in [0, 0.1) is 5.92 Å². The molecule has 0 N–H and O–H groups in total. The number of nitrogens with zero attached hydrogens (tertiary/aromatic N) is 2. The molecule has 1 aromatic rings. The number of hydrogen-bond donors (Lipinski definition) is 0. The number of carbonyl (C=O) groups is 1. The van der Waals surface area contributed by atoms with E-state index < -0.39 is 0 Å². The molecule has 1 saturated carbocycles. The zero-order valence-electron chi connectivity index (χ0n) is 11.3. The van der Waals surface area contributed by atoms with Gasteiger partial charge in [-0.15, -0.1) is 0 Å². The lowest BCUT2D eigenvalue weighted by Gasteiger charge is -2.15. The first-order chi connectivity index (χ1) is 8.76. The SMILES string of the molecule is CCCn1ccnc1CC(=O)C(OCC)C1CC1. The van der Waals surface area contributed by atoms with Crippen LogP contribution < -0.4 is 0 Å². The summed E-state index contributed by atoms with van der Waals surface area (Å²) in [5.41, 5.74) is 0. The second-order valence-electron chi connectivity index (χ2n) is 4.89. The van der Waals surface area contributed by atoms with Gasteiger partial charge >= 0.3 is 0 Å². The average molecular weight is 250 g/mol. The van der Waals surface area contributed by atoms with E-state index in [0.717, 1.165) is 31.6 Å². The van der Waals surface area contributed by atoms with Crippen LogP contribution >= 0.6 is 0 Å². The van der Waals surface area contributed by atoms with Crippen molar-refractivity contribution in [3.8, 4) is 0 Å². The summed E-state index contributed by atoms with van der Waals surface area (Å²) in [6, 6.07) is 0. The molecular weight excluding hydrogens is 228 g/mol. The summed E-state index contributed by atoms with van der Waals surface area (Å²) in [5, 5.41) is 0. The van der Waals surface area contributed by atoms with Crippen molar-refractivity contribution in [1.29, 1.82) is 0 Å². The Morgan fingerprint density at radius 1 is 1.56 bits per heavy atom. The number of ketones is 1. The van der Waals surface area contributed by atoms with Crippen molar-refractivity contribution in [2.24, 2.45) is 5.92 Å². The first-order valence-electron chi connectivity index (χ1n) is 6.90. The zero-order valence-corrected chi connectivity index (χ0v) is 11.3. The standard InChI is InChI=1S/C14H22N2O2/c1-3-8-16-9-7-15-13(16)10-12(17)14(18-4-2)11-5-6-11/h7,9,11,14H,3-6,8,10H2,1-2H3. The molecule has 0 radical (unpaired) electrons. The Morgan fingerprint density at radius 2 is 2.33 bits per heavy atom. The number of aromatic nitrogens is 2. The van der Waals surface area contributed by atoms with Gasteiger partial charge in [-0.25, -0.2) is 4.98 Å². The van der Waals surface area contributed by atoms with Crippen molar-refractivity contribution in [3.05, 3.63) is 18.2 Å². The third kappa shape index (κ3) is 3.19. The predicted octanol–water partition coefficient (Wildman–Crippen LogP) is 2.22. The molecule has 0 spiro atoms. The summed E-state index contributed by atoms with van der Waals surface area (Å²) < 4.78 is 7.65. The molecule has 4 nitrogen and oxygen atoms in total. The smallest absolute Gasteiger partial charge is 0.169 e. The molecule has 0 saturated heterocycles. The summed E-state index contributed by atoms with van der Waals surface area (Å²) in [6.07, 6.45) is 7.20. The lowest BCUT2D eigenvalue weighted by atomic mass is 10.1. The largest absolute Gasteiger partial charge is 0.370 e. The van der Waals surface area contributed by atoms with E-state index in [1.54, 1.807) is 6.20 Å². The maximum absolute atomic E-state index is 12.3. The maximum Gasteiger partial charge on any atom is 0.169 e. The van der Waals surface area contributed by atoms with Crippen LogP contribution in [0.3, 0.4) is 0 Å². The molecule has 1 atom stereocenters. The average Bonchev–Trinajstić information content (AvgIpc) is 3.10. The third-order valence-corrected chi connectivity index (χ3v) is 3.31. The lowest BCUT2D eigenvalue weighted by molar-refractivity contribution is -0.131. The van der Waals surface area contributed by atoms with E-state index >= 15 is 0 Å². The Bertz CT molecular complexity index is 396. The second-order valence-corrected chi connectivity index (χ2v) is 4.89. The van der Waals surface area contributed by atoms with E-state index in [1.165, 1.54) is 0 Å². The number of carbonyl (C=O) groups excluding carboxylic acids is 1. The quantitative estimate of drug-likeness (QED) is 0.710. The van der Waals surface area contributed by atoms with Gasteiger partial charge in [-0.3, -0.25) is 4.79 Å². The van der Waals surface area contributed by atoms with Crippen molar-refractivity contribution in [1.82, 2.24) is 9.55 Å². The van der Waals surface area contributed by atoms with Gasteiger partial charge < -0.3 is 9.30 Å². The molecule has 1 aliphatic rings. The second kappa shape index (κ2) is 6.14. The molecule has 0 aromatic carbocycles. The number of aryl methyl sites for hydroxylation is 1. The molecule has 100 valence electrons.